The molecule has 18 heteroatoms. The molecule has 5 atom stereocenters. The summed E-state index contributed by atoms with van der Waals surface area (Å²) in [5, 5.41) is 16.7. The molecule has 2 aromatic carbocycles. The van der Waals surface area contributed by atoms with E-state index in [0.717, 1.165) is 39.0 Å². The summed E-state index contributed by atoms with van der Waals surface area (Å²) in [7, 11) is 2.91. The smallest absolute Gasteiger partial charge is 0.324 e. The average Bonchev–Trinajstić information content (AvgIpc) is 3.93. The van der Waals surface area contributed by atoms with Crippen LogP contribution in [0.4, 0.5) is 0 Å². The number of phenolic OH excluding ortho intramolecular Hbond substituents is 1. The summed E-state index contributed by atoms with van der Waals surface area (Å²) in [4.78, 5) is 65.1. The number of hydrazine groups is 1. The molecule has 3 N–H and O–H groups in total. The Balaban J connectivity index is 1.28. The van der Waals surface area contributed by atoms with Gasteiger partial charge in [0.1, 0.15) is 29.8 Å². The Bertz CT molecular complexity index is 2680. The number of aromatic nitrogens is 2. The maximum Gasteiger partial charge on any atom is 0.324 e. The van der Waals surface area contributed by atoms with Gasteiger partial charge in [-0.05, 0) is 118 Å². The normalized spacial score (nSPS) is 21.3. The van der Waals surface area contributed by atoms with Gasteiger partial charge in [0, 0.05) is 74.8 Å². The van der Waals surface area contributed by atoms with Crippen LogP contribution in [0.5, 0.6) is 5.75 Å². The summed E-state index contributed by atoms with van der Waals surface area (Å²) in [5.74, 6) is -3.21. The predicted octanol–water partition coefficient (Wildman–Crippen LogP) is 5.11. The molecule has 374 valence electrons. The lowest BCUT2D eigenvalue weighted by Gasteiger charge is -2.37. The first-order valence-corrected chi connectivity index (χ1v) is 25.6. The number of carbonyl (C=O) groups excluding carboxylic acids is 4. The molecule has 0 spiro atoms. The second kappa shape index (κ2) is 20.9. The molecule has 0 radical (unpaired) electrons. The van der Waals surface area contributed by atoms with Gasteiger partial charge < -0.3 is 29.4 Å². The second-order valence-electron chi connectivity index (χ2n) is 20.3. The Morgan fingerprint density at radius 1 is 1.04 bits per heavy atom. The fraction of sp³-hybridized carbons (Fsp3) is 0.549. The van der Waals surface area contributed by atoms with Crippen LogP contribution in [0.2, 0.25) is 0 Å². The number of phenols is 1. The minimum atomic E-state index is -3.63. The molecule has 3 amide bonds. The molecule has 6 bridgehead atoms. The number of esters is 1. The van der Waals surface area contributed by atoms with Gasteiger partial charge in [-0.25, -0.2) is 13.8 Å². The molecule has 3 aliphatic heterocycles. The summed E-state index contributed by atoms with van der Waals surface area (Å²) in [6, 6.07) is 12.3. The molecule has 2 saturated heterocycles. The summed E-state index contributed by atoms with van der Waals surface area (Å²) < 4.78 is 41.6. The van der Waals surface area contributed by atoms with Gasteiger partial charge in [0.25, 0.3) is 5.91 Å². The predicted molar refractivity (Wildman–Crippen MR) is 264 cm³/mol. The van der Waals surface area contributed by atoms with Gasteiger partial charge in [-0.15, -0.1) is 0 Å². The van der Waals surface area contributed by atoms with Gasteiger partial charge >= 0.3 is 5.97 Å². The number of fused-ring (bicyclic) bond motifs is 6. The average molecular weight is 971 g/mol. The minimum Gasteiger partial charge on any atom is -0.508 e. The number of nitrogens with zero attached hydrogens (tertiary/aromatic N) is 6. The fourth-order valence-corrected chi connectivity index (χ4v) is 11.9. The monoisotopic (exact) mass is 970 g/mol. The molecule has 17 nitrogen and oxygen atoms in total. The second-order valence-corrected chi connectivity index (χ2v) is 22.3. The van der Waals surface area contributed by atoms with E-state index in [1.165, 1.54) is 21.3 Å². The lowest BCUT2D eigenvalue weighted by Crippen LogP contribution is -2.62. The van der Waals surface area contributed by atoms with E-state index in [1.807, 2.05) is 39.0 Å². The fourth-order valence-electron chi connectivity index (χ4n) is 10.3. The summed E-state index contributed by atoms with van der Waals surface area (Å²) in [5.41, 5.74) is 9.41. The van der Waals surface area contributed by atoms with Gasteiger partial charge in [0.2, 0.25) is 21.8 Å². The van der Waals surface area contributed by atoms with Gasteiger partial charge in [0.15, 0.2) is 0 Å². The SMILES string of the molecule is CCn1c(-c2cccnc2[C@H](C)OC)c2c3cc(ccc31)-c1cc(O)cc(c1)C[C@H](NC(=O)C(C(C)C)N(C)C(=O)[C@H]1CCN(S(=O)(=O)CN(C)C)C1)C(=O)N1CCC[C@H](N1)C(=O)OCC(C)(C)C2. The number of pyridine rings is 1. The van der Waals surface area contributed by atoms with Crippen molar-refractivity contribution in [3.63, 3.8) is 0 Å². The molecule has 1 unspecified atom stereocenters. The van der Waals surface area contributed by atoms with E-state index >= 15 is 0 Å². The highest BCUT2D eigenvalue weighted by Gasteiger charge is 2.41. The largest absolute Gasteiger partial charge is 0.508 e. The van der Waals surface area contributed by atoms with E-state index in [0.29, 0.717) is 43.4 Å². The third kappa shape index (κ3) is 11.1. The Hall–Kier alpha value is -5.40. The molecule has 7 rings (SSSR count). The molecule has 2 fully saturated rings. The van der Waals surface area contributed by atoms with E-state index in [-0.39, 0.29) is 56.3 Å². The van der Waals surface area contributed by atoms with Crippen molar-refractivity contribution in [1.29, 1.82) is 0 Å². The van der Waals surface area contributed by atoms with Gasteiger partial charge in [0.05, 0.1) is 30.0 Å². The number of aryl methyl sites for hydroxylation is 1. The Morgan fingerprint density at radius 3 is 2.49 bits per heavy atom. The highest BCUT2D eigenvalue weighted by atomic mass is 32.2. The van der Waals surface area contributed by atoms with Crippen LogP contribution in [0.1, 0.15) is 83.7 Å². The standard InChI is InChI=1S/C51H70N8O9S/c1-11-58-43-17-16-34-26-39(43)40(46(58)38-14-12-19-52-44(38)32(4)67-10)27-51(5,6)29-68-50(64)41-15-13-20-59(54-41)49(63)42(24-33-22-36(34)25-37(60)23-33)53-47(61)45(31(2)3)56(9)48(62)35-18-21-57(28-35)69(65,66)30-55(7)8/h12,14,16-17,19,22-23,25-26,31-32,35,41-42,45,54,60H,11,13,15,18,20-21,24,27-30H2,1-10H3,(H,53,61)/t32-,35-,41-,42-,45?/m0/s1. The van der Waals surface area contributed by atoms with Crippen LogP contribution in [0, 0.1) is 17.3 Å². The van der Waals surface area contributed by atoms with Crippen LogP contribution in [0.25, 0.3) is 33.3 Å². The van der Waals surface area contributed by atoms with Crippen molar-refractivity contribution in [2.24, 2.45) is 17.3 Å². The first-order valence-electron chi connectivity index (χ1n) is 24.0. The Morgan fingerprint density at radius 2 is 1.80 bits per heavy atom. The van der Waals surface area contributed by atoms with Crippen LogP contribution in [-0.2, 0) is 58.1 Å². The number of hydrogen-bond donors (Lipinski definition) is 3. The molecular weight excluding hydrogens is 901 g/mol. The van der Waals surface area contributed by atoms with Crippen molar-refractivity contribution in [3.05, 3.63) is 71.5 Å². The van der Waals surface area contributed by atoms with E-state index in [4.69, 9.17) is 14.5 Å². The number of hydrogen-bond acceptors (Lipinski definition) is 12. The van der Waals surface area contributed by atoms with Crippen LogP contribution in [-0.4, -0.2) is 144 Å². The number of ether oxygens (including phenoxy) is 2. The van der Waals surface area contributed by atoms with Crippen molar-refractivity contribution in [3.8, 4) is 28.1 Å². The third-order valence-corrected chi connectivity index (χ3v) is 15.6. The maximum atomic E-state index is 14.8. The van der Waals surface area contributed by atoms with Crippen LogP contribution in [0.3, 0.4) is 0 Å². The molecule has 2 aromatic heterocycles. The number of benzene rings is 2. The zero-order valence-electron chi connectivity index (χ0n) is 41.7. The maximum absolute atomic E-state index is 14.8. The van der Waals surface area contributed by atoms with E-state index in [1.54, 1.807) is 44.4 Å². The van der Waals surface area contributed by atoms with E-state index in [9.17, 15) is 32.7 Å². The molecule has 0 saturated carbocycles. The zero-order valence-corrected chi connectivity index (χ0v) is 42.6. The summed E-state index contributed by atoms with van der Waals surface area (Å²) in [6.07, 6.45) is 3.19. The number of nitrogens with one attached hydrogen (secondary N) is 2. The third-order valence-electron chi connectivity index (χ3n) is 13.7. The van der Waals surface area contributed by atoms with Gasteiger partial charge in [-0.1, -0.05) is 39.8 Å². The van der Waals surface area contributed by atoms with Crippen LogP contribution < -0.4 is 10.7 Å². The number of amides is 3. The zero-order chi connectivity index (χ0) is 50.1. The van der Waals surface area contributed by atoms with E-state index < -0.39 is 63.2 Å². The topological polar surface area (TPSA) is 196 Å². The summed E-state index contributed by atoms with van der Waals surface area (Å²) >= 11 is 0. The number of rotatable bonds is 12. The van der Waals surface area contributed by atoms with Crippen LogP contribution in [0.15, 0.2) is 54.7 Å². The molecule has 3 aliphatic rings. The molecule has 5 heterocycles. The molecule has 69 heavy (non-hydrogen) atoms. The van der Waals surface area contributed by atoms with E-state index in [2.05, 4.69) is 54.3 Å². The first kappa shape index (κ1) is 51.5. The van der Waals surface area contributed by atoms with Crippen molar-refractivity contribution >= 4 is 44.6 Å². The Labute approximate surface area is 406 Å². The first-order chi connectivity index (χ1) is 32.6. The highest BCUT2D eigenvalue weighted by molar-refractivity contribution is 7.89. The molecule has 4 aromatic rings. The lowest BCUT2D eigenvalue weighted by atomic mass is 9.84. The van der Waals surface area contributed by atoms with Crippen molar-refractivity contribution < 1.29 is 42.2 Å². The van der Waals surface area contributed by atoms with Gasteiger partial charge in [-0.3, -0.25) is 34.1 Å². The number of sulfonamides is 1. The lowest BCUT2D eigenvalue weighted by molar-refractivity contribution is -0.155. The van der Waals surface area contributed by atoms with Gasteiger partial charge in [-0.2, -0.15) is 4.31 Å². The highest BCUT2D eigenvalue weighted by Crippen LogP contribution is 2.42. The molecule has 0 aliphatic carbocycles. The number of methoxy groups -OCH3 is 1. The molecular formula is C51H70N8O9S. The number of likely N-dealkylation sites (N-methyl/N-ethyl adjacent to an activating group) is 1. The van der Waals surface area contributed by atoms with Crippen molar-refractivity contribution in [2.75, 3.05) is 60.4 Å². The minimum absolute atomic E-state index is 0.00734. The summed E-state index contributed by atoms with van der Waals surface area (Å²) in [6.45, 7) is 13.0. The number of aromatic hydroxyl groups is 1. The van der Waals surface area contributed by atoms with Crippen LogP contribution >= 0.6 is 0 Å². The number of carbonyl (C=O) groups is 4. The number of cyclic esters (lactones) is 1. The van der Waals surface area contributed by atoms with Crippen molar-refractivity contribution in [2.45, 2.75) is 104 Å². The quantitative estimate of drug-likeness (QED) is 0.159. The Kier molecular flexibility index (Phi) is 15.6. The van der Waals surface area contributed by atoms with Crippen molar-refractivity contribution in [1.82, 2.24) is 39.4 Å².